The second-order valence-corrected chi connectivity index (χ2v) is 7.87. The van der Waals surface area contributed by atoms with Crippen molar-refractivity contribution in [2.24, 2.45) is 5.92 Å². The number of likely N-dealkylation sites (tertiary alicyclic amines) is 1. The fourth-order valence-corrected chi connectivity index (χ4v) is 3.79. The summed E-state index contributed by atoms with van der Waals surface area (Å²) >= 11 is 0. The highest BCUT2D eigenvalue weighted by Gasteiger charge is 2.27. The molecule has 4 heteroatoms. The zero-order valence-corrected chi connectivity index (χ0v) is 16.9. The van der Waals surface area contributed by atoms with Crippen LogP contribution in [0.4, 0.5) is 5.69 Å². The zero-order valence-electron chi connectivity index (χ0n) is 16.9. The molecule has 2 aromatic carbocycles. The number of hydrogen-bond acceptors (Lipinski definition) is 2. The molecule has 0 saturated carbocycles. The van der Waals surface area contributed by atoms with Crippen molar-refractivity contribution < 1.29 is 9.59 Å². The van der Waals surface area contributed by atoms with E-state index in [0.717, 1.165) is 30.5 Å². The summed E-state index contributed by atoms with van der Waals surface area (Å²) in [5.41, 5.74) is 3.25. The lowest BCUT2D eigenvalue weighted by atomic mass is 9.94. The van der Waals surface area contributed by atoms with Gasteiger partial charge in [-0.3, -0.25) is 9.59 Å². The lowest BCUT2D eigenvalue weighted by Gasteiger charge is -2.31. The molecule has 0 aromatic heterocycles. The lowest BCUT2D eigenvalue weighted by Crippen LogP contribution is -2.41. The van der Waals surface area contributed by atoms with Crippen LogP contribution < -0.4 is 5.32 Å². The summed E-state index contributed by atoms with van der Waals surface area (Å²) in [6.07, 6.45) is 2.76. The van der Waals surface area contributed by atoms with E-state index >= 15 is 0 Å². The minimum atomic E-state index is -0.0293. The first-order valence-electron chi connectivity index (χ1n) is 10.3. The van der Waals surface area contributed by atoms with Crippen molar-refractivity contribution in [3.8, 4) is 0 Å². The van der Waals surface area contributed by atoms with Crippen LogP contribution in [-0.4, -0.2) is 29.8 Å². The summed E-state index contributed by atoms with van der Waals surface area (Å²) in [5, 5.41) is 3.11. The monoisotopic (exact) mass is 378 g/mol. The third-order valence-corrected chi connectivity index (χ3v) is 5.53. The first-order valence-corrected chi connectivity index (χ1v) is 10.3. The number of benzene rings is 2. The Balaban J connectivity index is 1.48. The van der Waals surface area contributed by atoms with E-state index in [1.54, 1.807) is 0 Å². The molecular weight excluding hydrogens is 348 g/mol. The van der Waals surface area contributed by atoms with E-state index in [-0.39, 0.29) is 17.7 Å². The van der Waals surface area contributed by atoms with Gasteiger partial charge in [-0.2, -0.15) is 0 Å². The fraction of sp³-hybridized carbons (Fsp3) is 0.417. The van der Waals surface area contributed by atoms with Gasteiger partial charge in [-0.05, 0) is 42.4 Å². The topological polar surface area (TPSA) is 49.4 Å². The zero-order chi connectivity index (χ0) is 19.9. The number of para-hydroxylation sites is 1. The van der Waals surface area contributed by atoms with Gasteiger partial charge in [0.2, 0.25) is 11.8 Å². The van der Waals surface area contributed by atoms with Crippen molar-refractivity contribution >= 4 is 17.5 Å². The van der Waals surface area contributed by atoms with Crippen LogP contribution in [0.1, 0.15) is 50.2 Å². The average molecular weight is 379 g/mol. The average Bonchev–Trinajstić information content (AvgIpc) is 2.73. The van der Waals surface area contributed by atoms with Gasteiger partial charge >= 0.3 is 0 Å². The quantitative estimate of drug-likeness (QED) is 0.797. The van der Waals surface area contributed by atoms with Crippen LogP contribution in [0, 0.1) is 5.92 Å². The molecule has 0 unspecified atom stereocenters. The van der Waals surface area contributed by atoms with Gasteiger partial charge < -0.3 is 10.2 Å². The van der Waals surface area contributed by atoms with E-state index in [1.165, 1.54) is 5.56 Å². The molecule has 1 fully saturated rings. The predicted molar refractivity (Wildman–Crippen MR) is 113 cm³/mol. The van der Waals surface area contributed by atoms with Crippen LogP contribution in [0.15, 0.2) is 54.6 Å². The van der Waals surface area contributed by atoms with E-state index in [4.69, 9.17) is 0 Å². The second kappa shape index (κ2) is 9.54. The Morgan fingerprint density at radius 2 is 1.64 bits per heavy atom. The van der Waals surface area contributed by atoms with Crippen LogP contribution in [0.3, 0.4) is 0 Å². The first-order chi connectivity index (χ1) is 13.5. The molecule has 2 aromatic rings. The molecular formula is C24H30N2O2. The van der Waals surface area contributed by atoms with Crippen molar-refractivity contribution in [3.05, 3.63) is 65.7 Å². The number of carbonyl (C=O) groups excluding carboxylic acids is 2. The van der Waals surface area contributed by atoms with Gasteiger partial charge in [0.15, 0.2) is 0 Å². The maximum atomic E-state index is 12.7. The molecule has 4 nitrogen and oxygen atoms in total. The van der Waals surface area contributed by atoms with Crippen molar-refractivity contribution in [1.82, 2.24) is 4.90 Å². The fourth-order valence-electron chi connectivity index (χ4n) is 3.79. The Labute approximate surface area is 167 Å². The van der Waals surface area contributed by atoms with Gasteiger partial charge in [0.25, 0.3) is 0 Å². The molecule has 1 heterocycles. The van der Waals surface area contributed by atoms with Gasteiger partial charge in [-0.15, -0.1) is 0 Å². The Morgan fingerprint density at radius 1 is 1.00 bits per heavy atom. The Hall–Kier alpha value is -2.62. The number of nitrogens with one attached hydrogen (secondary N) is 1. The van der Waals surface area contributed by atoms with Crippen molar-refractivity contribution in [2.45, 2.75) is 45.4 Å². The van der Waals surface area contributed by atoms with E-state index in [2.05, 4.69) is 37.4 Å². The molecule has 28 heavy (non-hydrogen) atoms. The van der Waals surface area contributed by atoms with Crippen LogP contribution >= 0.6 is 0 Å². The van der Waals surface area contributed by atoms with Crippen LogP contribution in [0.5, 0.6) is 0 Å². The van der Waals surface area contributed by atoms with Crippen LogP contribution in [-0.2, 0) is 16.0 Å². The molecule has 1 aliphatic heterocycles. The number of piperidine rings is 1. The first kappa shape index (κ1) is 20.1. The molecule has 2 amide bonds. The third kappa shape index (κ3) is 5.22. The largest absolute Gasteiger partial charge is 0.343 e. The number of nitrogens with zero attached hydrogens (tertiary/aromatic N) is 1. The van der Waals surface area contributed by atoms with E-state index in [0.29, 0.717) is 25.4 Å². The Bertz CT molecular complexity index is 793. The van der Waals surface area contributed by atoms with Crippen molar-refractivity contribution in [1.29, 1.82) is 0 Å². The van der Waals surface area contributed by atoms with Gasteiger partial charge in [-0.25, -0.2) is 0 Å². The number of aryl methyl sites for hydroxylation is 1. The summed E-state index contributed by atoms with van der Waals surface area (Å²) in [6, 6.07) is 18.1. The summed E-state index contributed by atoms with van der Waals surface area (Å²) in [4.78, 5) is 27.1. The molecule has 0 bridgehead atoms. The minimum absolute atomic E-state index is 0.0293. The second-order valence-electron chi connectivity index (χ2n) is 7.87. The predicted octanol–water partition coefficient (Wildman–Crippen LogP) is 4.62. The summed E-state index contributed by atoms with van der Waals surface area (Å²) in [5.74, 6) is 0.594. The van der Waals surface area contributed by atoms with E-state index in [9.17, 15) is 9.59 Å². The Morgan fingerprint density at radius 3 is 2.32 bits per heavy atom. The maximum Gasteiger partial charge on any atom is 0.227 e. The number of amides is 2. The highest BCUT2D eigenvalue weighted by Crippen LogP contribution is 2.26. The molecule has 0 radical (unpaired) electrons. The molecule has 3 rings (SSSR count). The molecule has 1 aliphatic rings. The lowest BCUT2D eigenvalue weighted by molar-refractivity contribution is -0.134. The molecule has 1 N–H and O–H groups in total. The maximum absolute atomic E-state index is 12.7. The number of anilines is 1. The van der Waals surface area contributed by atoms with Crippen LogP contribution in [0.25, 0.3) is 0 Å². The van der Waals surface area contributed by atoms with Gasteiger partial charge in [0.05, 0.1) is 0 Å². The molecule has 1 saturated heterocycles. The minimum Gasteiger partial charge on any atom is -0.343 e. The van der Waals surface area contributed by atoms with Gasteiger partial charge in [0.1, 0.15) is 0 Å². The number of carbonyl (C=O) groups is 2. The third-order valence-electron chi connectivity index (χ3n) is 5.53. The Kier molecular flexibility index (Phi) is 6.85. The summed E-state index contributed by atoms with van der Waals surface area (Å²) in [6.45, 7) is 5.59. The van der Waals surface area contributed by atoms with Gasteiger partial charge in [0, 0.05) is 31.1 Å². The van der Waals surface area contributed by atoms with E-state index < -0.39 is 0 Å². The van der Waals surface area contributed by atoms with E-state index in [1.807, 2.05) is 41.3 Å². The highest BCUT2D eigenvalue weighted by atomic mass is 16.2. The van der Waals surface area contributed by atoms with Crippen molar-refractivity contribution in [2.75, 3.05) is 18.4 Å². The molecule has 0 aliphatic carbocycles. The summed E-state index contributed by atoms with van der Waals surface area (Å²) < 4.78 is 0. The number of rotatable bonds is 6. The smallest absolute Gasteiger partial charge is 0.227 e. The summed E-state index contributed by atoms with van der Waals surface area (Å²) in [7, 11) is 0. The molecule has 0 atom stereocenters. The number of hydrogen-bond donors (Lipinski definition) is 1. The molecule has 0 spiro atoms. The normalized spacial score (nSPS) is 14.9. The van der Waals surface area contributed by atoms with Crippen molar-refractivity contribution in [3.63, 3.8) is 0 Å². The van der Waals surface area contributed by atoms with Gasteiger partial charge in [-0.1, -0.05) is 62.4 Å². The SMILES string of the molecule is CC(C)c1ccccc1NC(=O)C1CCN(C(=O)CCc2ccccc2)CC1. The standard InChI is InChI=1S/C24H30N2O2/c1-18(2)21-10-6-7-11-22(21)25-24(28)20-14-16-26(17-15-20)23(27)13-12-19-8-4-3-5-9-19/h3-11,18,20H,12-17H2,1-2H3,(H,25,28). The molecule has 148 valence electrons. The van der Waals surface area contributed by atoms with Crippen LogP contribution in [0.2, 0.25) is 0 Å². The highest BCUT2D eigenvalue weighted by molar-refractivity contribution is 5.93.